The minimum Gasteiger partial charge on any atom is -0.481 e. The van der Waals surface area contributed by atoms with Gasteiger partial charge in [0.1, 0.15) is 0 Å². The van der Waals surface area contributed by atoms with Crippen LogP contribution >= 0.6 is 0 Å². The fraction of sp³-hybridized carbons (Fsp3) is 0.500. The second-order valence-corrected chi connectivity index (χ2v) is 5.92. The molecule has 2 aliphatic rings. The topological polar surface area (TPSA) is 60.9 Å². The van der Waals surface area contributed by atoms with Crippen LogP contribution in [0.3, 0.4) is 0 Å². The Hall–Kier alpha value is -2.04. The van der Waals surface area contributed by atoms with E-state index in [1.165, 1.54) is 11.1 Å². The number of nitrogens with zero attached hydrogens (tertiary/aromatic N) is 2. The van der Waals surface area contributed by atoms with Gasteiger partial charge >= 0.3 is 12.0 Å². The highest BCUT2D eigenvalue weighted by Gasteiger charge is 2.31. The zero-order chi connectivity index (χ0) is 14.8. The molecule has 3 rings (SSSR count). The van der Waals surface area contributed by atoms with E-state index in [1.54, 1.807) is 0 Å². The van der Waals surface area contributed by atoms with Crippen molar-refractivity contribution in [2.75, 3.05) is 19.6 Å². The molecular weight excluding hydrogens is 268 g/mol. The Labute approximate surface area is 124 Å². The first-order valence-corrected chi connectivity index (χ1v) is 7.46. The molecule has 1 aromatic rings. The van der Waals surface area contributed by atoms with Crippen LogP contribution in [0.4, 0.5) is 4.79 Å². The molecule has 112 valence electrons. The monoisotopic (exact) mass is 288 g/mol. The van der Waals surface area contributed by atoms with Crippen LogP contribution in [0.2, 0.25) is 0 Å². The molecule has 21 heavy (non-hydrogen) atoms. The number of carbonyl (C=O) groups excluding carboxylic acids is 1. The summed E-state index contributed by atoms with van der Waals surface area (Å²) in [6.07, 6.45) is 1.85. The van der Waals surface area contributed by atoms with Gasteiger partial charge in [-0.05, 0) is 29.9 Å². The molecule has 1 saturated heterocycles. The molecule has 2 heterocycles. The molecule has 0 spiro atoms. The molecule has 0 aromatic heterocycles. The Morgan fingerprint density at radius 3 is 2.67 bits per heavy atom. The van der Waals surface area contributed by atoms with Gasteiger partial charge in [-0.15, -0.1) is 0 Å². The van der Waals surface area contributed by atoms with Crippen molar-refractivity contribution in [1.29, 1.82) is 0 Å². The molecule has 0 saturated carbocycles. The normalized spacial score (nSPS) is 21.2. The van der Waals surface area contributed by atoms with E-state index in [0.717, 1.165) is 19.4 Å². The molecule has 5 nitrogen and oxygen atoms in total. The number of rotatable bonds is 2. The van der Waals surface area contributed by atoms with Crippen LogP contribution in [0, 0.1) is 5.92 Å². The highest BCUT2D eigenvalue weighted by Crippen LogP contribution is 2.24. The van der Waals surface area contributed by atoms with Crippen molar-refractivity contribution in [3.05, 3.63) is 35.4 Å². The summed E-state index contributed by atoms with van der Waals surface area (Å²) in [6, 6.07) is 8.29. The van der Waals surface area contributed by atoms with E-state index in [1.807, 2.05) is 21.9 Å². The van der Waals surface area contributed by atoms with Crippen LogP contribution < -0.4 is 0 Å². The number of likely N-dealkylation sites (tertiary alicyclic amines) is 1. The minimum absolute atomic E-state index is 0.0531. The first-order chi connectivity index (χ1) is 10.1. The standard InChI is InChI=1S/C16H20N2O3/c19-15(20)9-12-5-7-17(10-12)16(21)18-8-6-13-3-1-2-4-14(13)11-18/h1-4,12H,5-11H2,(H,19,20). The number of carboxylic acids is 1. The highest BCUT2D eigenvalue weighted by molar-refractivity contribution is 5.75. The second-order valence-electron chi connectivity index (χ2n) is 5.92. The lowest BCUT2D eigenvalue weighted by Crippen LogP contribution is -2.44. The maximum Gasteiger partial charge on any atom is 0.320 e. The van der Waals surface area contributed by atoms with E-state index < -0.39 is 5.97 Å². The summed E-state index contributed by atoms with van der Waals surface area (Å²) < 4.78 is 0. The van der Waals surface area contributed by atoms with E-state index >= 15 is 0 Å². The highest BCUT2D eigenvalue weighted by atomic mass is 16.4. The van der Waals surface area contributed by atoms with Crippen LogP contribution in [-0.4, -0.2) is 46.5 Å². The van der Waals surface area contributed by atoms with Gasteiger partial charge in [0.05, 0.1) is 0 Å². The summed E-state index contributed by atoms with van der Waals surface area (Å²) in [6.45, 7) is 2.66. The maximum absolute atomic E-state index is 12.5. The van der Waals surface area contributed by atoms with Crippen LogP contribution in [-0.2, 0) is 17.8 Å². The van der Waals surface area contributed by atoms with Crippen molar-refractivity contribution < 1.29 is 14.7 Å². The van der Waals surface area contributed by atoms with Gasteiger partial charge < -0.3 is 14.9 Å². The van der Waals surface area contributed by atoms with Gasteiger partial charge in [-0.2, -0.15) is 0 Å². The van der Waals surface area contributed by atoms with E-state index in [0.29, 0.717) is 19.6 Å². The third-order valence-corrected chi connectivity index (χ3v) is 4.42. The third kappa shape index (κ3) is 3.01. The fourth-order valence-corrected chi connectivity index (χ4v) is 3.28. The summed E-state index contributed by atoms with van der Waals surface area (Å²) >= 11 is 0. The van der Waals surface area contributed by atoms with Gasteiger partial charge in [0.25, 0.3) is 0 Å². The van der Waals surface area contributed by atoms with Gasteiger partial charge in [-0.3, -0.25) is 4.79 Å². The van der Waals surface area contributed by atoms with Gasteiger partial charge in [0, 0.05) is 32.6 Å². The average molecular weight is 288 g/mol. The maximum atomic E-state index is 12.5. The molecule has 1 atom stereocenters. The molecule has 2 aliphatic heterocycles. The number of aliphatic carboxylic acids is 1. The number of hydrogen-bond acceptors (Lipinski definition) is 2. The van der Waals surface area contributed by atoms with Crippen molar-refractivity contribution in [2.24, 2.45) is 5.92 Å². The summed E-state index contributed by atoms with van der Waals surface area (Å²) in [5.41, 5.74) is 2.55. The van der Waals surface area contributed by atoms with Gasteiger partial charge in [-0.25, -0.2) is 4.79 Å². The average Bonchev–Trinajstić information content (AvgIpc) is 2.93. The molecule has 0 aliphatic carbocycles. The lowest BCUT2D eigenvalue weighted by molar-refractivity contribution is -0.138. The quantitative estimate of drug-likeness (QED) is 0.905. The lowest BCUT2D eigenvalue weighted by Gasteiger charge is -2.32. The van der Waals surface area contributed by atoms with Crippen molar-refractivity contribution in [2.45, 2.75) is 25.8 Å². The predicted octanol–water partition coefficient (Wildman–Crippen LogP) is 1.96. The number of hydrogen-bond donors (Lipinski definition) is 1. The Bertz CT molecular complexity index is 558. The fourth-order valence-electron chi connectivity index (χ4n) is 3.28. The molecule has 0 radical (unpaired) electrons. The van der Waals surface area contributed by atoms with Gasteiger partial charge in [0.2, 0.25) is 0 Å². The second kappa shape index (κ2) is 5.76. The minimum atomic E-state index is -0.777. The van der Waals surface area contributed by atoms with E-state index in [2.05, 4.69) is 12.1 Å². The molecule has 1 aromatic carbocycles. The zero-order valence-electron chi connectivity index (χ0n) is 12.0. The van der Waals surface area contributed by atoms with Crippen LogP contribution in [0.25, 0.3) is 0 Å². The molecule has 2 amide bonds. The number of carboxylic acid groups (broad SMARTS) is 1. The number of urea groups is 1. The Morgan fingerprint density at radius 1 is 1.14 bits per heavy atom. The Balaban J connectivity index is 1.61. The summed E-state index contributed by atoms with van der Waals surface area (Å²) in [4.78, 5) is 27.0. The van der Waals surface area contributed by atoms with Crippen LogP contribution in [0.5, 0.6) is 0 Å². The summed E-state index contributed by atoms with van der Waals surface area (Å²) in [5.74, 6) is -0.676. The summed E-state index contributed by atoms with van der Waals surface area (Å²) in [5, 5.41) is 8.84. The number of benzene rings is 1. The molecule has 0 bridgehead atoms. The molecule has 1 unspecified atom stereocenters. The number of carbonyl (C=O) groups is 2. The summed E-state index contributed by atoms with van der Waals surface area (Å²) in [7, 11) is 0. The molecule has 1 N–H and O–H groups in total. The number of fused-ring (bicyclic) bond motifs is 1. The van der Waals surface area contributed by atoms with Crippen LogP contribution in [0.15, 0.2) is 24.3 Å². The van der Waals surface area contributed by atoms with E-state index in [-0.39, 0.29) is 18.4 Å². The van der Waals surface area contributed by atoms with Crippen molar-refractivity contribution in [3.8, 4) is 0 Å². The van der Waals surface area contributed by atoms with E-state index in [9.17, 15) is 9.59 Å². The predicted molar refractivity (Wildman–Crippen MR) is 77.9 cm³/mol. The first-order valence-electron chi connectivity index (χ1n) is 7.46. The van der Waals surface area contributed by atoms with Gasteiger partial charge in [0.15, 0.2) is 0 Å². The molecule has 5 heteroatoms. The van der Waals surface area contributed by atoms with Crippen LogP contribution in [0.1, 0.15) is 24.0 Å². The van der Waals surface area contributed by atoms with Crippen molar-refractivity contribution in [3.63, 3.8) is 0 Å². The largest absolute Gasteiger partial charge is 0.481 e. The Kier molecular flexibility index (Phi) is 3.82. The SMILES string of the molecule is O=C(O)CC1CCN(C(=O)N2CCc3ccccc3C2)C1. The number of amides is 2. The Morgan fingerprint density at radius 2 is 1.90 bits per heavy atom. The molecular formula is C16H20N2O3. The zero-order valence-corrected chi connectivity index (χ0v) is 12.0. The van der Waals surface area contributed by atoms with Crippen molar-refractivity contribution >= 4 is 12.0 Å². The smallest absolute Gasteiger partial charge is 0.320 e. The van der Waals surface area contributed by atoms with Crippen molar-refractivity contribution in [1.82, 2.24) is 9.80 Å². The van der Waals surface area contributed by atoms with E-state index in [4.69, 9.17) is 5.11 Å². The van der Waals surface area contributed by atoms with Gasteiger partial charge in [-0.1, -0.05) is 24.3 Å². The third-order valence-electron chi connectivity index (χ3n) is 4.42. The molecule has 1 fully saturated rings. The first kappa shape index (κ1) is 13.9. The lowest BCUT2D eigenvalue weighted by atomic mass is 10.0.